The predicted octanol–water partition coefficient (Wildman–Crippen LogP) is 11.3. The van der Waals surface area contributed by atoms with E-state index >= 15 is 0 Å². The van der Waals surface area contributed by atoms with E-state index in [0.717, 1.165) is 22.5 Å². The summed E-state index contributed by atoms with van der Waals surface area (Å²) in [6.45, 7) is 19.3. The Hall–Kier alpha value is -6.59. The summed E-state index contributed by atoms with van der Waals surface area (Å²) in [5.74, 6) is 0.0205. The van der Waals surface area contributed by atoms with Crippen LogP contribution in [0.2, 0.25) is 0 Å². The minimum atomic E-state index is -0.128. The van der Waals surface area contributed by atoms with E-state index in [-0.39, 0.29) is 29.0 Å². The summed E-state index contributed by atoms with van der Waals surface area (Å²) in [5, 5.41) is 47.6. The molecule has 0 spiro atoms. The number of nitrogens with one attached hydrogen (secondary N) is 2. The van der Waals surface area contributed by atoms with E-state index in [4.69, 9.17) is 22.9 Å². The number of phenolic OH excluding ortho intramolecular Hbond substituents is 4. The lowest BCUT2D eigenvalue weighted by atomic mass is 9.99. The summed E-state index contributed by atoms with van der Waals surface area (Å²) >= 11 is 0. The first kappa shape index (κ1) is 49.4. The van der Waals surface area contributed by atoms with E-state index in [0.29, 0.717) is 57.4 Å². The van der Waals surface area contributed by atoms with Crippen LogP contribution in [0.1, 0.15) is 77.6 Å². The van der Waals surface area contributed by atoms with Crippen molar-refractivity contribution in [3.63, 3.8) is 0 Å². The van der Waals surface area contributed by atoms with Crippen LogP contribution in [-0.2, 0) is 6.42 Å². The molecule has 0 fully saturated rings. The average Bonchev–Trinajstić information content (AvgIpc) is 3.26. The predicted molar refractivity (Wildman–Crippen MR) is 250 cm³/mol. The normalized spacial score (nSPS) is 11.9. The van der Waals surface area contributed by atoms with E-state index in [1.807, 2.05) is 104 Å². The summed E-state index contributed by atoms with van der Waals surface area (Å²) in [6, 6.07) is 25.1. The molecule has 0 bridgehead atoms. The van der Waals surface area contributed by atoms with Crippen molar-refractivity contribution in [2.45, 2.75) is 81.7 Å². The Bertz CT molecular complexity index is 1990. The zero-order valence-corrected chi connectivity index (χ0v) is 35.7. The minimum Gasteiger partial charge on any atom is -0.507 e. The lowest BCUT2D eigenvalue weighted by Crippen LogP contribution is -2.16. The van der Waals surface area contributed by atoms with Gasteiger partial charge in [0.15, 0.2) is 0 Å². The van der Waals surface area contributed by atoms with Gasteiger partial charge in [-0.2, -0.15) is 0 Å². The Morgan fingerprint density at radius 1 is 0.534 bits per heavy atom. The molecule has 11 heteroatoms. The van der Waals surface area contributed by atoms with Crippen molar-refractivity contribution in [2.24, 2.45) is 10.7 Å². The highest BCUT2D eigenvalue weighted by Gasteiger charge is 2.16. The highest BCUT2D eigenvalue weighted by Crippen LogP contribution is 2.43. The first-order valence-corrected chi connectivity index (χ1v) is 19.8. The number of allylic oxidation sites excluding steroid dienone is 2. The third kappa shape index (κ3) is 14.5. The van der Waals surface area contributed by atoms with Crippen molar-refractivity contribution in [3.05, 3.63) is 131 Å². The van der Waals surface area contributed by atoms with Crippen LogP contribution in [0.5, 0.6) is 23.0 Å². The summed E-state index contributed by atoms with van der Waals surface area (Å²) in [5.41, 5.74) is 30.9. The third-order valence-corrected chi connectivity index (χ3v) is 8.06. The summed E-state index contributed by atoms with van der Waals surface area (Å²) in [7, 11) is 0. The molecule has 14 N–H and O–H groups in total. The number of aromatic hydroxyl groups is 4. The van der Waals surface area contributed by atoms with Gasteiger partial charge in [0.25, 0.3) is 0 Å². The number of nitrogens with zero attached hydrogens (tertiary/aromatic N) is 1. The van der Waals surface area contributed by atoms with Crippen molar-refractivity contribution in [1.29, 1.82) is 0 Å². The lowest BCUT2D eigenvalue weighted by Gasteiger charge is -2.15. The third-order valence-electron chi connectivity index (χ3n) is 8.06. The molecule has 0 saturated carbocycles. The molecule has 0 aliphatic heterocycles. The van der Waals surface area contributed by atoms with Gasteiger partial charge in [-0.25, -0.2) is 4.99 Å². The highest BCUT2D eigenvalue weighted by atomic mass is 16.3. The topological polar surface area (TPSA) is 221 Å². The minimum absolute atomic E-state index is 0.0235. The second-order valence-electron chi connectivity index (χ2n) is 11.9. The molecule has 0 saturated heterocycles. The number of anilines is 7. The molecule has 0 unspecified atom stereocenters. The van der Waals surface area contributed by atoms with E-state index in [2.05, 4.69) is 15.6 Å². The van der Waals surface area contributed by atoms with Crippen LogP contribution in [-0.4, -0.2) is 32.2 Å². The molecule has 312 valence electrons. The van der Waals surface area contributed by atoms with Crippen LogP contribution >= 0.6 is 0 Å². The SMILES string of the molecule is CC.CC.CC.CC.Cc1c(O)c(Cc2ccc(N)cc2)cc(Nc2ccc(N)cc2)c1O.Cc1c(O)c(N=C2C=CC(N)C=C2)cc(Nc2ccc(N)cc2)c1O. The molecule has 5 aromatic carbocycles. The van der Waals surface area contributed by atoms with Crippen molar-refractivity contribution in [2.75, 3.05) is 27.8 Å². The van der Waals surface area contributed by atoms with Crippen molar-refractivity contribution >= 4 is 51.2 Å². The largest absolute Gasteiger partial charge is 0.507 e. The smallest absolute Gasteiger partial charge is 0.147 e. The molecular formula is C47H65N7O4. The van der Waals surface area contributed by atoms with Crippen molar-refractivity contribution in [1.82, 2.24) is 0 Å². The number of hydrogen-bond donors (Lipinski definition) is 10. The quantitative estimate of drug-likeness (QED) is 0.0426. The molecule has 58 heavy (non-hydrogen) atoms. The zero-order chi connectivity index (χ0) is 43.9. The lowest BCUT2D eigenvalue weighted by molar-refractivity contribution is 0.441. The molecule has 0 atom stereocenters. The number of hydrogen-bond acceptors (Lipinski definition) is 11. The molecule has 1 aliphatic carbocycles. The van der Waals surface area contributed by atoms with Crippen LogP contribution in [0, 0.1) is 13.8 Å². The van der Waals surface area contributed by atoms with Crippen molar-refractivity contribution < 1.29 is 20.4 Å². The van der Waals surface area contributed by atoms with Gasteiger partial charge in [0.05, 0.1) is 17.1 Å². The number of aliphatic imine (C=N–C) groups is 1. The molecule has 0 aromatic heterocycles. The Morgan fingerprint density at radius 3 is 1.34 bits per heavy atom. The van der Waals surface area contributed by atoms with E-state index in [9.17, 15) is 20.4 Å². The van der Waals surface area contributed by atoms with Gasteiger partial charge in [0, 0.05) is 57.6 Å². The number of nitrogen functional groups attached to an aromatic ring is 3. The average molecular weight is 792 g/mol. The van der Waals surface area contributed by atoms with Gasteiger partial charge in [-0.1, -0.05) is 79.7 Å². The van der Waals surface area contributed by atoms with Gasteiger partial charge in [-0.15, -0.1) is 0 Å². The van der Waals surface area contributed by atoms with Gasteiger partial charge in [0.2, 0.25) is 0 Å². The van der Waals surface area contributed by atoms with Crippen LogP contribution < -0.4 is 33.6 Å². The Balaban J connectivity index is 0.000000495. The fraction of sp³-hybridized carbons (Fsp3) is 0.255. The maximum atomic E-state index is 10.4. The number of benzene rings is 5. The number of phenols is 4. The molecule has 0 radical (unpaired) electrons. The van der Waals surface area contributed by atoms with E-state index in [1.165, 1.54) is 0 Å². The first-order chi connectivity index (χ1) is 27.9. The summed E-state index contributed by atoms with van der Waals surface area (Å²) in [6.07, 6.45) is 7.75. The zero-order valence-electron chi connectivity index (χ0n) is 35.7. The number of nitrogens with two attached hydrogens (primary N) is 4. The highest BCUT2D eigenvalue weighted by molar-refractivity contribution is 6.06. The van der Waals surface area contributed by atoms with Gasteiger partial charge in [0.1, 0.15) is 28.7 Å². The van der Waals surface area contributed by atoms with Crippen LogP contribution in [0.3, 0.4) is 0 Å². The number of rotatable bonds is 7. The Kier molecular flexibility index (Phi) is 21.8. The van der Waals surface area contributed by atoms with Crippen molar-refractivity contribution in [3.8, 4) is 23.0 Å². The molecule has 6 rings (SSSR count). The molecule has 5 aromatic rings. The van der Waals surface area contributed by atoms with Crippen LogP contribution in [0.15, 0.2) is 114 Å². The fourth-order valence-corrected chi connectivity index (χ4v) is 5.11. The summed E-state index contributed by atoms with van der Waals surface area (Å²) in [4.78, 5) is 4.44. The molecular weight excluding hydrogens is 727 g/mol. The maximum absolute atomic E-state index is 10.4. The van der Waals surface area contributed by atoms with Gasteiger partial charge in [-0.05, 0) is 104 Å². The Labute approximate surface area is 345 Å². The standard InChI is InChI=1S/C20H21N3O2.C19H20N4O2.4C2H6/c1-12-19(24)14(10-13-2-4-15(21)5-3-13)11-18(20(12)25)23-17-8-6-16(22)7-9-17;1-11-18(24)16(22-14-6-2-12(20)3-7-14)10-17(19(11)25)23-15-8-4-13(21)5-9-15;4*1-2/h2-9,11,23-25H,10,21-22H2,1H3;2-10,12,23-25H,20-21H2,1H3;4*1-2H3. The molecule has 0 amide bonds. The van der Waals surface area contributed by atoms with Crippen LogP contribution in [0.4, 0.5) is 45.5 Å². The summed E-state index contributed by atoms with van der Waals surface area (Å²) < 4.78 is 0. The maximum Gasteiger partial charge on any atom is 0.147 e. The second-order valence-corrected chi connectivity index (χ2v) is 11.9. The molecule has 0 heterocycles. The van der Waals surface area contributed by atoms with Gasteiger partial charge < -0.3 is 54.0 Å². The van der Waals surface area contributed by atoms with E-state index < -0.39 is 0 Å². The van der Waals surface area contributed by atoms with Gasteiger partial charge in [-0.3, -0.25) is 0 Å². The fourth-order valence-electron chi connectivity index (χ4n) is 5.11. The second kappa shape index (κ2) is 25.5. The first-order valence-electron chi connectivity index (χ1n) is 19.8. The monoisotopic (exact) mass is 792 g/mol. The van der Waals surface area contributed by atoms with Crippen LogP contribution in [0.25, 0.3) is 0 Å². The van der Waals surface area contributed by atoms with E-state index in [1.54, 1.807) is 74.5 Å². The molecule has 11 nitrogen and oxygen atoms in total. The van der Waals surface area contributed by atoms with Gasteiger partial charge >= 0.3 is 0 Å². The molecule has 1 aliphatic rings. The Morgan fingerprint density at radius 2 is 0.914 bits per heavy atom.